The van der Waals surface area contributed by atoms with Crippen LogP contribution in [-0.4, -0.2) is 23.2 Å². The van der Waals surface area contributed by atoms with Crippen molar-refractivity contribution in [3.05, 3.63) is 119 Å². The van der Waals surface area contributed by atoms with E-state index < -0.39 is 7.44 Å². The summed E-state index contributed by atoms with van der Waals surface area (Å²) >= 11 is 0. The summed E-state index contributed by atoms with van der Waals surface area (Å²) in [6, 6.07) is 33.7. The van der Waals surface area contributed by atoms with Gasteiger partial charge in [0.15, 0.2) is 0 Å². The highest BCUT2D eigenvalue weighted by atomic mass is 31.2. The molecule has 4 heterocycles. The van der Waals surface area contributed by atoms with Crippen LogP contribution in [0.1, 0.15) is 22.3 Å². The van der Waals surface area contributed by atoms with Crippen molar-refractivity contribution >= 4 is 56.6 Å². The molecule has 9 rings (SSSR count). The Morgan fingerprint density at radius 2 is 1.11 bits per heavy atom. The van der Waals surface area contributed by atoms with Gasteiger partial charge in [-0.1, -0.05) is 36.4 Å². The first kappa shape index (κ1) is 25.4. The Hall–Kier alpha value is -5.13. The van der Waals surface area contributed by atoms with Crippen LogP contribution in [0.5, 0.6) is 12.0 Å². The highest BCUT2D eigenvalue weighted by molar-refractivity contribution is 7.69. The summed E-state index contributed by atoms with van der Waals surface area (Å²) in [7, 11) is -3.68. The first-order valence-corrected chi connectivity index (χ1v) is 16.3. The second-order valence-corrected chi connectivity index (χ2v) is 14.2. The van der Waals surface area contributed by atoms with E-state index in [0.29, 0.717) is 5.30 Å². The van der Waals surface area contributed by atoms with Gasteiger partial charge in [-0.05, 0) is 111 Å². The van der Waals surface area contributed by atoms with Gasteiger partial charge >= 0.3 is 19.5 Å². The van der Waals surface area contributed by atoms with Crippen LogP contribution in [0.3, 0.4) is 0 Å². The molecule has 0 atom stereocenters. The van der Waals surface area contributed by atoms with Crippen LogP contribution in [0.2, 0.25) is 0 Å². The monoisotopic (exact) mass is 593 g/mol. The first-order valence-electron chi connectivity index (χ1n) is 14.7. The number of aromatic nitrogens is 5. The van der Waals surface area contributed by atoms with Gasteiger partial charge in [0.2, 0.25) is 0 Å². The molecule has 0 unspecified atom stereocenters. The van der Waals surface area contributed by atoms with Gasteiger partial charge in [-0.25, -0.2) is 8.68 Å². The fourth-order valence-corrected chi connectivity index (χ4v) is 9.40. The minimum absolute atomic E-state index is 0.288. The third-order valence-electron chi connectivity index (χ3n) is 9.16. The van der Waals surface area contributed by atoms with Gasteiger partial charge in [-0.3, -0.25) is 4.57 Å². The van der Waals surface area contributed by atoms with Crippen LogP contribution in [-0.2, 0) is 4.57 Å². The molecule has 0 radical (unpaired) electrons. The molecular formula is C36H28N5O2P. The number of benzene rings is 5. The van der Waals surface area contributed by atoms with Crippen LogP contribution in [0.25, 0.3) is 49.6 Å². The number of para-hydroxylation sites is 2. The third kappa shape index (κ3) is 3.25. The van der Waals surface area contributed by atoms with Gasteiger partial charge in [-0.2, -0.15) is 9.97 Å². The van der Waals surface area contributed by atoms with Crippen molar-refractivity contribution in [2.45, 2.75) is 27.7 Å². The fraction of sp³-hybridized carbons (Fsp3) is 0.111. The fourth-order valence-electron chi connectivity index (χ4n) is 6.65. The number of nitrogens with zero attached hydrogens (tertiary/aromatic N) is 5. The first-order chi connectivity index (χ1) is 21.3. The van der Waals surface area contributed by atoms with E-state index in [2.05, 4.69) is 105 Å². The standard InChI is InChI=1S/C36H28N5O2P/c1-21-16-29-33(18-23(21)3)40-35(37-29)43-36-38-30-17-22(2)24(4)19-34(30)41(36)44(40,42)26-14-15-32-28(20-26)27-12-8-9-13-31(27)39(32)25-10-6-5-7-11-25/h5-20H,1-4H3. The van der Waals surface area contributed by atoms with E-state index in [-0.39, 0.29) is 12.0 Å². The molecule has 1 aliphatic rings. The Morgan fingerprint density at radius 1 is 0.568 bits per heavy atom. The number of imidazole rings is 2. The molecule has 0 N–H and O–H groups in total. The number of hydrogen-bond acceptors (Lipinski definition) is 4. The van der Waals surface area contributed by atoms with Gasteiger partial charge in [0.05, 0.1) is 38.4 Å². The Kier molecular flexibility index (Phi) is 5.02. The lowest BCUT2D eigenvalue weighted by molar-refractivity contribution is 0.390. The maximum Gasteiger partial charge on any atom is 0.312 e. The lowest BCUT2D eigenvalue weighted by atomic mass is 10.1. The van der Waals surface area contributed by atoms with Crippen LogP contribution in [0, 0.1) is 27.7 Å². The van der Waals surface area contributed by atoms with E-state index in [0.717, 1.165) is 71.8 Å². The van der Waals surface area contributed by atoms with Crippen LogP contribution < -0.4 is 10.0 Å². The van der Waals surface area contributed by atoms with E-state index in [4.69, 9.17) is 14.7 Å². The molecule has 0 spiro atoms. The molecule has 8 aromatic rings. The van der Waals surface area contributed by atoms with Gasteiger partial charge in [-0.15, -0.1) is 0 Å². The van der Waals surface area contributed by atoms with Crippen molar-refractivity contribution in [2.24, 2.45) is 0 Å². The SMILES string of the molecule is Cc1cc2nc3n(c2cc1C)P(=O)(c1ccc2c(c1)c1ccccc1n2-c1ccccc1)n1c(nc2cc(C)c(C)cc21)O3. The van der Waals surface area contributed by atoms with Gasteiger partial charge in [0.1, 0.15) is 0 Å². The molecule has 0 amide bonds. The zero-order valence-electron chi connectivity index (χ0n) is 24.7. The average molecular weight is 594 g/mol. The van der Waals surface area contributed by atoms with Crippen molar-refractivity contribution in [2.75, 3.05) is 0 Å². The topological polar surface area (TPSA) is 66.9 Å². The Labute approximate surface area is 253 Å². The highest BCUT2D eigenvalue weighted by Gasteiger charge is 2.43. The maximum absolute atomic E-state index is 16.2. The Morgan fingerprint density at radius 3 is 1.75 bits per heavy atom. The van der Waals surface area contributed by atoms with Crippen molar-refractivity contribution < 1.29 is 9.30 Å². The third-order valence-corrected chi connectivity index (χ3v) is 12.0. The van der Waals surface area contributed by atoms with E-state index in [1.165, 1.54) is 0 Å². The average Bonchev–Trinajstić information content (AvgIpc) is 3.67. The minimum atomic E-state index is -3.68. The number of rotatable bonds is 2. The summed E-state index contributed by atoms with van der Waals surface area (Å²) in [6.45, 7) is 8.26. The minimum Gasteiger partial charge on any atom is -0.390 e. The lowest BCUT2D eigenvalue weighted by Crippen LogP contribution is -2.22. The molecule has 0 fully saturated rings. The Bertz CT molecular complexity index is 2460. The largest absolute Gasteiger partial charge is 0.390 e. The second kappa shape index (κ2) is 8.71. The van der Waals surface area contributed by atoms with Gasteiger partial charge in [0.25, 0.3) is 0 Å². The molecule has 7 nitrogen and oxygen atoms in total. The van der Waals surface area contributed by atoms with Crippen molar-refractivity contribution in [1.82, 2.24) is 23.2 Å². The predicted molar refractivity (Wildman–Crippen MR) is 177 cm³/mol. The number of fused-ring (bicyclic) bond motifs is 9. The van der Waals surface area contributed by atoms with E-state index >= 15 is 4.57 Å². The summed E-state index contributed by atoms with van der Waals surface area (Å²) in [6.07, 6.45) is 0. The molecule has 3 aromatic heterocycles. The normalized spacial score (nSPS) is 13.9. The molecule has 214 valence electrons. The quantitative estimate of drug-likeness (QED) is 0.188. The summed E-state index contributed by atoms with van der Waals surface area (Å²) in [5, 5.41) is 2.80. The summed E-state index contributed by atoms with van der Waals surface area (Å²) < 4.78 is 28.5. The molecule has 44 heavy (non-hydrogen) atoms. The summed E-state index contributed by atoms with van der Waals surface area (Å²) in [5.74, 6) is 0. The Balaban J connectivity index is 1.41. The lowest BCUT2D eigenvalue weighted by Gasteiger charge is -2.28. The van der Waals surface area contributed by atoms with Crippen LogP contribution >= 0.6 is 7.44 Å². The second-order valence-electron chi connectivity index (χ2n) is 11.8. The van der Waals surface area contributed by atoms with E-state index in [9.17, 15) is 0 Å². The van der Waals surface area contributed by atoms with Crippen LogP contribution in [0.15, 0.2) is 97.1 Å². The summed E-state index contributed by atoms with van der Waals surface area (Å²) in [4.78, 5) is 9.69. The highest BCUT2D eigenvalue weighted by Crippen LogP contribution is 2.60. The molecule has 0 saturated carbocycles. The van der Waals surface area contributed by atoms with Gasteiger partial charge in [0, 0.05) is 16.5 Å². The van der Waals surface area contributed by atoms with Crippen molar-refractivity contribution in [3.8, 4) is 17.7 Å². The molecule has 0 aliphatic carbocycles. The van der Waals surface area contributed by atoms with E-state index in [1.54, 1.807) is 0 Å². The smallest absolute Gasteiger partial charge is 0.312 e. The summed E-state index contributed by atoms with van der Waals surface area (Å²) in [5.41, 5.74) is 10.7. The molecule has 0 saturated heterocycles. The number of hydrogen-bond donors (Lipinski definition) is 0. The van der Waals surface area contributed by atoms with Crippen molar-refractivity contribution in [1.29, 1.82) is 0 Å². The van der Waals surface area contributed by atoms with E-state index in [1.807, 2.05) is 32.9 Å². The maximum atomic E-state index is 16.2. The zero-order valence-corrected chi connectivity index (χ0v) is 25.6. The molecule has 1 aliphatic heterocycles. The van der Waals surface area contributed by atoms with Crippen LogP contribution in [0.4, 0.5) is 0 Å². The number of aryl methyl sites for hydroxylation is 4. The zero-order chi connectivity index (χ0) is 29.9. The number of ether oxygens (including phenoxy) is 1. The molecule has 0 bridgehead atoms. The van der Waals surface area contributed by atoms with Gasteiger partial charge < -0.3 is 9.30 Å². The van der Waals surface area contributed by atoms with Crippen molar-refractivity contribution in [3.63, 3.8) is 0 Å². The predicted octanol–water partition coefficient (Wildman–Crippen LogP) is 8.74. The molecule has 5 aromatic carbocycles. The molecular weight excluding hydrogens is 565 g/mol. The molecule has 8 heteroatoms.